The Bertz CT molecular complexity index is 464. The highest BCUT2D eigenvalue weighted by molar-refractivity contribution is 5.94. The molecular formula is C17H24O3. The van der Waals surface area contributed by atoms with E-state index in [1.165, 1.54) is 25.7 Å². The average molecular weight is 276 g/mol. The molecule has 3 heteroatoms. The Morgan fingerprint density at radius 1 is 1.00 bits per heavy atom. The van der Waals surface area contributed by atoms with Gasteiger partial charge in [-0.2, -0.15) is 0 Å². The van der Waals surface area contributed by atoms with Gasteiger partial charge in [-0.05, 0) is 31.4 Å². The maximum absolute atomic E-state index is 11.2. The van der Waals surface area contributed by atoms with Gasteiger partial charge >= 0.3 is 0 Å². The van der Waals surface area contributed by atoms with Crippen molar-refractivity contribution in [3.63, 3.8) is 0 Å². The number of benzene rings is 1. The zero-order chi connectivity index (χ0) is 15.0. The van der Waals surface area contributed by atoms with E-state index < -0.39 is 0 Å². The smallest absolute Gasteiger partial charge is 0.151 e. The van der Waals surface area contributed by atoms with E-state index >= 15 is 0 Å². The third-order valence-electron chi connectivity index (χ3n) is 3.72. The maximum atomic E-state index is 11.2. The molecule has 0 fully saturated rings. The van der Waals surface area contributed by atoms with Crippen LogP contribution in [-0.2, 0) is 6.42 Å². The van der Waals surface area contributed by atoms with E-state index in [9.17, 15) is 14.7 Å². The largest absolute Gasteiger partial charge is 0.508 e. The number of rotatable bonds is 9. The van der Waals surface area contributed by atoms with Gasteiger partial charge in [-0.15, -0.1) is 0 Å². The molecular weight excluding hydrogens is 252 g/mol. The van der Waals surface area contributed by atoms with Crippen molar-refractivity contribution < 1.29 is 14.7 Å². The van der Waals surface area contributed by atoms with E-state index in [0.717, 1.165) is 12.8 Å². The summed E-state index contributed by atoms with van der Waals surface area (Å²) in [5, 5.41) is 9.99. The van der Waals surface area contributed by atoms with Crippen LogP contribution in [0.3, 0.4) is 0 Å². The summed E-state index contributed by atoms with van der Waals surface area (Å²) in [6.07, 6.45) is 8.93. The zero-order valence-corrected chi connectivity index (χ0v) is 12.4. The Morgan fingerprint density at radius 2 is 1.60 bits per heavy atom. The van der Waals surface area contributed by atoms with Crippen molar-refractivity contribution in [2.24, 2.45) is 0 Å². The number of carbonyl (C=O) groups is 2. The highest BCUT2D eigenvalue weighted by Gasteiger charge is 2.14. The van der Waals surface area contributed by atoms with E-state index in [1.54, 1.807) is 13.0 Å². The topological polar surface area (TPSA) is 54.4 Å². The number of carbonyl (C=O) groups excluding carboxylic acids is 2. The average Bonchev–Trinajstić information content (AvgIpc) is 2.43. The molecule has 0 heterocycles. The molecule has 110 valence electrons. The van der Waals surface area contributed by atoms with Gasteiger partial charge in [0.05, 0.1) is 0 Å². The number of hydrogen-bond acceptors (Lipinski definition) is 3. The van der Waals surface area contributed by atoms with Crippen LogP contribution in [0.25, 0.3) is 0 Å². The lowest BCUT2D eigenvalue weighted by Gasteiger charge is -2.12. The standard InChI is InChI=1S/C17H24O3/c1-3-4-5-6-7-8-9-14-16(12-19)15(11-18)13(2)10-17(14)20/h10-12,20H,3-9H2,1-2H3. The normalized spacial score (nSPS) is 10.5. The van der Waals surface area contributed by atoms with Gasteiger partial charge in [0.15, 0.2) is 12.6 Å². The van der Waals surface area contributed by atoms with Crippen LogP contribution in [0.2, 0.25) is 0 Å². The summed E-state index contributed by atoms with van der Waals surface area (Å²) in [5.41, 5.74) is 2.01. The molecule has 0 atom stereocenters. The second kappa shape index (κ2) is 8.51. The third-order valence-corrected chi connectivity index (χ3v) is 3.72. The van der Waals surface area contributed by atoms with Crippen molar-refractivity contribution in [2.45, 2.75) is 58.8 Å². The summed E-state index contributed by atoms with van der Waals surface area (Å²) in [6.45, 7) is 3.91. The van der Waals surface area contributed by atoms with Gasteiger partial charge in [0, 0.05) is 16.7 Å². The monoisotopic (exact) mass is 276 g/mol. The van der Waals surface area contributed by atoms with Crippen LogP contribution in [0, 0.1) is 6.92 Å². The molecule has 0 aliphatic heterocycles. The molecule has 0 aliphatic rings. The Hall–Kier alpha value is -1.64. The van der Waals surface area contributed by atoms with E-state index in [2.05, 4.69) is 6.92 Å². The van der Waals surface area contributed by atoms with Crippen molar-refractivity contribution in [3.8, 4) is 5.75 Å². The van der Waals surface area contributed by atoms with Crippen LogP contribution in [-0.4, -0.2) is 17.7 Å². The fraction of sp³-hybridized carbons (Fsp3) is 0.529. The number of phenolic OH excluding ortho intramolecular Hbond substituents is 1. The predicted molar refractivity (Wildman–Crippen MR) is 80.7 cm³/mol. The Balaban J connectivity index is 2.74. The molecule has 1 aromatic rings. The van der Waals surface area contributed by atoms with E-state index in [-0.39, 0.29) is 5.75 Å². The van der Waals surface area contributed by atoms with Crippen LogP contribution in [0.5, 0.6) is 5.75 Å². The first-order chi connectivity index (χ1) is 9.65. The Kier molecular flexibility index (Phi) is 6.99. The SMILES string of the molecule is CCCCCCCCc1c(O)cc(C)c(C=O)c1C=O. The number of hydrogen-bond donors (Lipinski definition) is 1. The molecule has 1 aromatic carbocycles. The maximum Gasteiger partial charge on any atom is 0.151 e. The van der Waals surface area contributed by atoms with Gasteiger partial charge in [-0.25, -0.2) is 0 Å². The summed E-state index contributed by atoms with van der Waals surface area (Å²) >= 11 is 0. The predicted octanol–water partition coefficient (Wildman–Crippen LogP) is 4.23. The number of phenols is 1. The van der Waals surface area contributed by atoms with Gasteiger partial charge in [0.25, 0.3) is 0 Å². The summed E-state index contributed by atoms with van der Waals surface area (Å²) in [4.78, 5) is 22.3. The van der Waals surface area contributed by atoms with E-state index in [1.807, 2.05) is 0 Å². The number of unbranched alkanes of at least 4 members (excludes halogenated alkanes) is 5. The summed E-state index contributed by atoms with van der Waals surface area (Å²) in [7, 11) is 0. The molecule has 1 N–H and O–H groups in total. The quantitative estimate of drug-likeness (QED) is 0.542. The number of aryl methyl sites for hydroxylation is 1. The number of aldehydes is 2. The van der Waals surface area contributed by atoms with E-state index in [0.29, 0.717) is 41.2 Å². The molecule has 0 saturated carbocycles. The fourth-order valence-electron chi connectivity index (χ4n) is 2.52. The van der Waals surface area contributed by atoms with Gasteiger partial charge < -0.3 is 5.11 Å². The highest BCUT2D eigenvalue weighted by Crippen LogP contribution is 2.27. The van der Waals surface area contributed by atoms with Crippen molar-refractivity contribution in [1.82, 2.24) is 0 Å². The second-order valence-corrected chi connectivity index (χ2v) is 5.27. The minimum atomic E-state index is 0.128. The summed E-state index contributed by atoms with van der Waals surface area (Å²) in [5.74, 6) is 0.128. The van der Waals surface area contributed by atoms with Gasteiger partial charge in [-0.3, -0.25) is 9.59 Å². The van der Waals surface area contributed by atoms with Gasteiger partial charge in [0.2, 0.25) is 0 Å². The first-order valence-electron chi connectivity index (χ1n) is 7.41. The summed E-state index contributed by atoms with van der Waals surface area (Å²) < 4.78 is 0. The van der Waals surface area contributed by atoms with Crippen molar-refractivity contribution in [3.05, 3.63) is 28.3 Å². The fourth-order valence-corrected chi connectivity index (χ4v) is 2.52. The summed E-state index contributed by atoms with van der Waals surface area (Å²) in [6, 6.07) is 1.57. The van der Waals surface area contributed by atoms with Crippen LogP contribution < -0.4 is 0 Å². The molecule has 3 nitrogen and oxygen atoms in total. The molecule has 0 radical (unpaired) electrons. The molecule has 0 aromatic heterocycles. The van der Waals surface area contributed by atoms with E-state index in [4.69, 9.17) is 0 Å². The minimum absolute atomic E-state index is 0.128. The van der Waals surface area contributed by atoms with Gasteiger partial charge in [0.1, 0.15) is 5.75 Å². The molecule has 0 aliphatic carbocycles. The first kappa shape index (κ1) is 16.4. The molecule has 1 rings (SSSR count). The lowest BCUT2D eigenvalue weighted by Crippen LogP contribution is -2.02. The van der Waals surface area contributed by atoms with Crippen molar-refractivity contribution in [1.29, 1.82) is 0 Å². The molecule has 20 heavy (non-hydrogen) atoms. The van der Waals surface area contributed by atoms with Crippen LogP contribution in [0.1, 0.15) is 77.3 Å². The Morgan fingerprint density at radius 3 is 2.20 bits per heavy atom. The second-order valence-electron chi connectivity index (χ2n) is 5.27. The minimum Gasteiger partial charge on any atom is -0.508 e. The van der Waals surface area contributed by atoms with Crippen LogP contribution >= 0.6 is 0 Å². The third kappa shape index (κ3) is 4.19. The molecule has 0 bridgehead atoms. The Labute approximate surface area is 121 Å². The van der Waals surface area contributed by atoms with Crippen molar-refractivity contribution >= 4 is 12.6 Å². The lowest BCUT2D eigenvalue weighted by molar-refractivity contribution is 0.109. The first-order valence-corrected chi connectivity index (χ1v) is 7.41. The molecule has 0 amide bonds. The van der Waals surface area contributed by atoms with Crippen LogP contribution in [0.4, 0.5) is 0 Å². The number of aromatic hydroxyl groups is 1. The highest BCUT2D eigenvalue weighted by atomic mass is 16.3. The van der Waals surface area contributed by atoms with Crippen LogP contribution in [0.15, 0.2) is 6.07 Å². The van der Waals surface area contributed by atoms with Crippen molar-refractivity contribution in [2.75, 3.05) is 0 Å². The molecule has 0 unspecified atom stereocenters. The van der Waals surface area contributed by atoms with Gasteiger partial charge in [-0.1, -0.05) is 39.0 Å². The molecule has 0 spiro atoms. The zero-order valence-electron chi connectivity index (χ0n) is 12.4. The molecule has 0 saturated heterocycles. The lowest BCUT2D eigenvalue weighted by atomic mass is 9.93.